The molecule has 0 saturated carbocycles. The molecule has 3 heterocycles. The number of pyridine rings is 1. The van der Waals surface area contributed by atoms with Gasteiger partial charge in [0, 0.05) is 0 Å². The molecule has 3 aromatic rings. The summed E-state index contributed by atoms with van der Waals surface area (Å²) in [5.74, 6) is -0.489. The number of esters is 1. The van der Waals surface area contributed by atoms with Crippen LogP contribution < -0.4 is 0 Å². The third-order valence-corrected chi connectivity index (χ3v) is 9.58. The quantitative estimate of drug-likeness (QED) is 0.173. The van der Waals surface area contributed by atoms with E-state index in [4.69, 9.17) is 16.3 Å². The Hall–Kier alpha value is -1.45. The maximum atomic E-state index is 12.5. The molecule has 134 valence electrons. The van der Waals surface area contributed by atoms with E-state index in [-0.39, 0.29) is 5.69 Å². The molecule has 0 unspecified atom stereocenters. The molecule has 0 bridgehead atoms. The summed E-state index contributed by atoms with van der Waals surface area (Å²) >= 11 is 6.86. The summed E-state index contributed by atoms with van der Waals surface area (Å²) in [4.78, 5) is 25.7. The van der Waals surface area contributed by atoms with E-state index in [1.54, 1.807) is 6.20 Å². The Balaban J connectivity index is 2.01. The molecule has 0 aliphatic carbocycles. The fraction of sp³-hybridized carbons (Fsp3) is 0.222. The number of thioether (sulfide) groups is 1. The second-order valence-corrected chi connectivity index (χ2v) is 12.7. The van der Waals surface area contributed by atoms with Crippen LogP contribution in [-0.4, -0.2) is 43.1 Å². The molecule has 0 radical (unpaired) electrons. The van der Waals surface area contributed by atoms with Crippen LogP contribution in [0.2, 0.25) is 5.02 Å². The number of alkyl halides is 2. The normalized spacial score (nSPS) is 14.5. The van der Waals surface area contributed by atoms with E-state index in [1.807, 2.05) is 24.5 Å². The van der Waals surface area contributed by atoms with E-state index >= 15 is 0 Å². The summed E-state index contributed by atoms with van der Waals surface area (Å²) in [6.07, 6.45) is 3.63. The Kier molecular flexibility index (Phi) is 5.02. The number of rotatable bonds is 4. The van der Waals surface area contributed by atoms with Gasteiger partial charge in [-0.05, 0) is 0 Å². The van der Waals surface area contributed by atoms with Crippen molar-refractivity contribution < 1.29 is 9.53 Å². The van der Waals surface area contributed by atoms with Gasteiger partial charge in [0.2, 0.25) is 0 Å². The molecule has 5 nitrogen and oxygen atoms in total. The molecule has 0 spiro atoms. The van der Waals surface area contributed by atoms with Crippen molar-refractivity contribution in [3.63, 3.8) is 0 Å². The predicted molar refractivity (Wildman–Crippen MR) is 113 cm³/mol. The Morgan fingerprint density at radius 2 is 2.12 bits per heavy atom. The first kappa shape index (κ1) is 17.9. The van der Waals surface area contributed by atoms with E-state index in [1.165, 1.54) is 31.3 Å². The zero-order valence-corrected chi connectivity index (χ0v) is 17.9. The van der Waals surface area contributed by atoms with E-state index in [0.29, 0.717) is 21.4 Å². The van der Waals surface area contributed by atoms with Crippen LogP contribution in [0, 0.1) is 3.57 Å². The molecule has 1 aliphatic heterocycles. The van der Waals surface area contributed by atoms with E-state index in [2.05, 4.69) is 21.0 Å². The van der Waals surface area contributed by atoms with E-state index < -0.39 is 25.8 Å². The fourth-order valence-corrected chi connectivity index (χ4v) is 8.27. The molecular formula is C18H15ClIN3O2S. The van der Waals surface area contributed by atoms with Crippen LogP contribution in [0.3, 0.4) is 0 Å². The van der Waals surface area contributed by atoms with Crippen LogP contribution >= 0.6 is 43.2 Å². The van der Waals surface area contributed by atoms with Crippen molar-refractivity contribution in [2.45, 2.75) is 5.16 Å². The molecule has 1 aromatic carbocycles. The zero-order chi connectivity index (χ0) is 18.3. The number of hydrogen-bond donors (Lipinski definition) is 0. The van der Waals surface area contributed by atoms with Crippen LogP contribution in [0.25, 0.3) is 22.2 Å². The number of nitrogens with zero attached hydrogens (tertiary/aromatic N) is 3. The van der Waals surface area contributed by atoms with Crippen LogP contribution in [0.5, 0.6) is 0 Å². The standard InChI is InChI=1S/C18H15ClIN3O2S/c1-25-17(24)15-11(8-10-9-21-18(26-2)23-16(10)22-15)14-12(19)4-3-5-13(14)20-6-7-20/h3-5,8-9H,6-7H2,1-2H3. The fourth-order valence-electron chi connectivity index (χ4n) is 2.71. The molecule has 26 heavy (non-hydrogen) atoms. The van der Waals surface area contributed by atoms with Crippen molar-refractivity contribution in [1.29, 1.82) is 0 Å². The van der Waals surface area contributed by atoms with Gasteiger partial charge in [-0.1, -0.05) is 0 Å². The summed E-state index contributed by atoms with van der Waals surface area (Å²) in [6.45, 7) is 0. The van der Waals surface area contributed by atoms with Crippen LogP contribution in [0.4, 0.5) is 0 Å². The summed E-state index contributed by atoms with van der Waals surface area (Å²) in [7, 11) is 1.36. The first-order valence-electron chi connectivity index (χ1n) is 7.83. The minimum absolute atomic E-state index is 0.248. The molecule has 8 heteroatoms. The summed E-state index contributed by atoms with van der Waals surface area (Å²) in [6, 6.07) is 7.89. The third-order valence-electron chi connectivity index (χ3n) is 4.01. The SMILES string of the molecule is COC(=O)c1nc2nc(SC)ncc2cc1-c1c(Cl)cccc1I1CC1. The van der Waals surface area contributed by atoms with Gasteiger partial charge in [-0.3, -0.25) is 0 Å². The molecule has 4 rings (SSSR count). The van der Waals surface area contributed by atoms with E-state index in [0.717, 1.165) is 10.9 Å². The average Bonchev–Trinajstić information content (AvgIpc) is 3.51. The third kappa shape index (κ3) is 3.27. The van der Waals surface area contributed by atoms with Gasteiger partial charge in [0.1, 0.15) is 0 Å². The molecular weight excluding hydrogens is 485 g/mol. The number of benzene rings is 1. The Labute approximate surface area is 167 Å². The number of carbonyl (C=O) groups excluding carboxylic acids is 1. The molecule has 0 amide bonds. The van der Waals surface area contributed by atoms with Crippen molar-refractivity contribution in [3.05, 3.63) is 44.7 Å². The van der Waals surface area contributed by atoms with Crippen molar-refractivity contribution in [3.8, 4) is 11.1 Å². The minimum atomic E-state index is -1.13. The van der Waals surface area contributed by atoms with Crippen LogP contribution in [-0.2, 0) is 4.74 Å². The van der Waals surface area contributed by atoms with Crippen molar-refractivity contribution in [2.75, 3.05) is 22.2 Å². The van der Waals surface area contributed by atoms with Gasteiger partial charge in [-0.15, -0.1) is 0 Å². The molecule has 2 aromatic heterocycles. The first-order chi connectivity index (χ1) is 12.6. The van der Waals surface area contributed by atoms with Gasteiger partial charge in [0.25, 0.3) is 0 Å². The number of fused-ring (bicyclic) bond motifs is 1. The number of ether oxygens (including phenoxy) is 1. The monoisotopic (exact) mass is 499 g/mol. The van der Waals surface area contributed by atoms with Crippen molar-refractivity contribution in [2.24, 2.45) is 0 Å². The summed E-state index contributed by atoms with van der Waals surface area (Å²) < 4.78 is 8.85. The second-order valence-electron chi connectivity index (χ2n) is 5.58. The van der Waals surface area contributed by atoms with Crippen molar-refractivity contribution >= 4 is 60.2 Å². The van der Waals surface area contributed by atoms with Crippen LogP contribution in [0.15, 0.2) is 35.6 Å². The molecule has 0 N–H and O–H groups in total. The topological polar surface area (TPSA) is 65.0 Å². The maximum absolute atomic E-state index is 12.5. The number of halogens is 2. The number of aromatic nitrogens is 3. The Morgan fingerprint density at radius 3 is 2.81 bits per heavy atom. The van der Waals surface area contributed by atoms with Gasteiger partial charge < -0.3 is 0 Å². The summed E-state index contributed by atoms with van der Waals surface area (Å²) in [5, 5.41) is 2.02. The zero-order valence-electron chi connectivity index (χ0n) is 14.1. The number of hydrogen-bond acceptors (Lipinski definition) is 6. The van der Waals surface area contributed by atoms with Gasteiger partial charge in [0.05, 0.1) is 0 Å². The van der Waals surface area contributed by atoms with Gasteiger partial charge in [-0.25, -0.2) is 0 Å². The predicted octanol–water partition coefficient (Wildman–Crippen LogP) is 4.54. The summed E-state index contributed by atoms with van der Waals surface area (Å²) in [5.41, 5.74) is 2.35. The Morgan fingerprint density at radius 1 is 1.31 bits per heavy atom. The Bertz CT molecular complexity index is 1030. The molecule has 1 saturated heterocycles. The van der Waals surface area contributed by atoms with E-state index in [9.17, 15) is 4.79 Å². The first-order valence-corrected chi connectivity index (χ1v) is 13.6. The van der Waals surface area contributed by atoms with Crippen LogP contribution in [0.1, 0.15) is 10.5 Å². The molecule has 0 atom stereocenters. The second kappa shape index (κ2) is 7.28. The van der Waals surface area contributed by atoms with Gasteiger partial charge in [-0.2, -0.15) is 0 Å². The van der Waals surface area contributed by atoms with Gasteiger partial charge >= 0.3 is 168 Å². The molecule has 1 aliphatic rings. The van der Waals surface area contributed by atoms with Crippen molar-refractivity contribution in [1.82, 2.24) is 15.0 Å². The average molecular weight is 500 g/mol. The molecule has 1 fully saturated rings. The number of methoxy groups -OCH3 is 1. The number of carbonyl (C=O) groups is 1. The van der Waals surface area contributed by atoms with Gasteiger partial charge in [0.15, 0.2) is 0 Å².